The van der Waals surface area contributed by atoms with E-state index in [2.05, 4.69) is 59.8 Å². The second-order valence-corrected chi connectivity index (χ2v) is 6.85. The zero-order valence-electron chi connectivity index (χ0n) is 15.7. The van der Waals surface area contributed by atoms with Gasteiger partial charge in [0.1, 0.15) is 0 Å². The molecule has 5 rings (SSSR count). The first-order valence-corrected chi connectivity index (χ1v) is 9.56. The lowest BCUT2D eigenvalue weighted by molar-refractivity contribution is -0.130. The van der Waals surface area contributed by atoms with Gasteiger partial charge in [0, 0.05) is 12.1 Å². The normalized spacial score (nSPS) is 12.7. The zero-order valence-corrected chi connectivity index (χ0v) is 15.7. The first-order chi connectivity index (χ1) is 13.8. The second-order valence-electron chi connectivity index (χ2n) is 6.85. The van der Waals surface area contributed by atoms with Gasteiger partial charge in [0.2, 0.25) is 0 Å². The molecule has 28 heavy (non-hydrogen) atoms. The number of carbonyl (C=O) groups excluding carboxylic acids is 1. The van der Waals surface area contributed by atoms with Crippen LogP contribution in [-0.4, -0.2) is 5.97 Å². The maximum Gasteiger partial charge on any atom is 0.337 e. The first-order valence-electron chi connectivity index (χ1n) is 9.56. The Morgan fingerprint density at radius 1 is 0.893 bits per heavy atom. The van der Waals surface area contributed by atoms with Crippen LogP contribution in [0.5, 0.6) is 5.95 Å². The van der Waals surface area contributed by atoms with E-state index in [9.17, 15) is 4.79 Å². The number of fused-ring (bicyclic) bond motifs is 5. The quantitative estimate of drug-likeness (QED) is 0.238. The molecule has 1 aliphatic rings. The summed E-state index contributed by atoms with van der Waals surface area (Å²) in [6, 6.07) is 21.1. The number of benzene rings is 3. The summed E-state index contributed by atoms with van der Waals surface area (Å²) >= 11 is 0. The minimum Gasteiger partial charge on any atom is -0.434 e. The molecular formula is C25H22O3. The number of hydrogen-bond acceptors (Lipinski definition) is 3. The van der Waals surface area contributed by atoms with Crippen molar-refractivity contribution < 1.29 is 13.9 Å². The summed E-state index contributed by atoms with van der Waals surface area (Å²) in [5.74, 6) is -0.333. The molecule has 0 radical (unpaired) electrons. The second kappa shape index (κ2) is 8.13. The van der Waals surface area contributed by atoms with Gasteiger partial charge in [0.15, 0.2) is 0 Å². The molecule has 0 N–H and O–H groups in total. The molecule has 0 bridgehead atoms. The SMILES string of the molecule is C=CC(=O)Oc1ccco1.c1ccc2c(c1)ccc1c3c(ccc12)CCCC3. The Balaban J connectivity index is 0.000000165. The topological polar surface area (TPSA) is 39.4 Å². The van der Waals surface area contributed by atoms with Crippen molar-refractivity contribution in [2.24, 2.45) is 0 Å². The lowest BCUT2D eigenvalue weighted by Gasteiger charge is -2.18. The van der Waals surface area contributed by atoms with Crippen molar-refractivity contribution in [3.05, 3.63) is 90.7 Å². The molecule has 0 aliphatic heterocycles. The van der Waals surface area contributed by atoms with Crippen LogP contribution in [0.15, 0.2) is 84.0 Å². The molecule has 3 aromatic carbocycles. The average molecular weight is 370 g/mol. The van der Waals surface area contributed by atoms with Crippen LogP contribution in [-0.2, 0) is 17.6 Å². The van der Waals surface area contributed by atoms with Crippen LogP contribution in [0.3, 0.4) is 0 Å². The fraction of sp³-hybridized carbons (Fsp3) is 0.160. The molecule has 3 nitrogen and oxygen atoms in total. The predicted molar refractivity (Wildman–Crippen MR) is 113 cm³/mol. The number of rotatable bonds is 2. The smallest absolute Gasteiger partial charge is 0.337 e. The molecule has 0 unspecified atom stereocenters. The van der Waals surface area contributed by atoms with Gasteiger partial charge >= 0.3 is 5.97 Å². The molecule has 3 heteroatoms. The Kier molecular flexibility index (Phi) is 5.24. The van der Waals surface area contributed by atoms with Crippen molar-refractivity contribution in [3.8, 4) is 5.95 Å². The van der Waals surface area contributed by atoms with Crippen molar-refractivity contribution in [2.45, 2.75) is 25.7 Å². The Morgan fingerprint density at radius 2 is 1.71 bits per heavy atom. The highest BCUT2D eigenvalue weighted by atomic mass is 16.6. The van der Waals surface area contributed by atoms with Gasteiger partial charge in [-0.15, -0.1) is 0 Å². The third kappa shape index (κ3) is 3.70. The standard InChI is InChI=1S/C18H16.C7H6O3/c1-3-7-15-13(5-1)9-11-18-16-8-4-2-6-14(16)10-12-17(15)18;1-2-6(8)10-7-4-3-5-9-7/h1,3,5,7,9-12H,2,4,6,8H2;2-5H,1H2. The van der Waals surface area contributed by atoms with Crippen LogP contribution in [0.25, 0.3) is 21.5 Å². The monoisotopic (exact) mass is 370 g/mol. The Morgan fingerprint density at radius 3 is 2.54 bits per heavy atom. The highest BCUT2D eigenvalue weighted by molar-refractivity contribution is 6.08. The van der Waals surface area contributed by atoms with Gasteiger partial charge in [-0.05, 0) is 64.4 Å². The minimum atomic E-state index is -0.519. The van der Waals surface area contributed by atoms with Crippen LogP contribution in [0.1, 0.15) is 24.0 Å². The number of esters is 1. The predicted octanol–water partition coefficient (Wildman–Crippen LogP) is 6.24. The van der Waals surface area contributed by atoms with E-state index in [1.807, 2.05) is 0 Å². The molecule has 0 fully saturated rings. The summed E-state index contributed by atoms with van der Waals surface area (Å²) < 4.78 is 9.30. The highest BCUT2D eigenvalue weighted by Crippen LogP contribution is 2.33. The summed E-state index contributed by atoms with van der Waals surface area (Å²) in [6.07, 6.45) is 7.71. The van der Waals surface area contributed by atoms with Gasteiger partial charge in [-0.2, -0.15) is 0 Å². The van der Waals surface area contributed by atoms with Crippen LogP contribution in [0.2, 0.25) is 0 Å². The van der Waals surface area contributed by atoms with Crippen LogP contribution in [0.4, 0.5) is 0 Å². The fourth-order valence-electron chi connectivity index (χ4n) is 3.80. The number of ether oxygens (including phenoxy) is 1. The van der Waals surface area contributed by atoms with Crippen LogP contribution >= 0.6 is 0 Å². The van der Waals surface area contributed by atoms with Gasteiger partial charge in [-0.1, -0.05) is 55.1 Å². The Hall–Kier alpha value is -3.33. The van der Waals surface area contributed by atoms with E-state index in [1.54, 1.807) is 23.3 Å². The maximum absolute atomic E-state index is 10.5. The number of aryl methyl sites for hydroxylation is 2. The molecule has 1 heterocycles. The van der Waals surface area contributed by atoms with E-state index < -0.39 is 5.97 Å². The van der Waals surface area contributed by atoms with E-state index in [0.717, 1.165) is 6.08 Å². The lowest BCUT2D eigenvalue weighted by atomic mass is 9.86. The van der Waals surface area contributed by atoms with Crippen molar-refractivity contribution in [1.82, 2.24) is 0 Å². The molecule has 1 aromatic heterocycles. The van der Waals surface area contributed by atoms with E-state index in [-0.39, 0.29) is 5.95 Å². The number of hydrogen-bond donors (Lipinski definition) is 0. The van der Waals surface area contributed by atoms with E-state index >= 15 is 0 Å². The highest BCUT2D eigenvalue weighted by Gasteiger charge is 2.13. The van der Waals surface area contributed by atoms with Crippen molar-refractivity contribution in [3.63, 3.8) is 0 Å². The lowest BCUT2D eigenvalue weighted by Crippen LogP contribution is -2.02. The Labute approximate surface area is 164 Å². The molecule has 0 atom stereocenters. The van der Waals surface area contributed by atoms with E-state index in [1.165, 1.54) is 53.5 Å². The van der Waals surface area contributed by atoms with Gasteiger partial charge < -0.3 is 9.15 Å². The Bertz CT molecular complexity index is 1120. The minimum absolute atomic E-state index is 0.185. The third-order valence-electron chi connectivity index (χ3n) is 5.12. The molecule has 0 saturated carbocycles. The van der Waals surface area contributed by atoms with Crippen molar-refractivity contribution in [1.29, 1.82) is 0 Å². The van der Waals surface area contributed by atoms with Gasteiger partial charge in [0.05, 0.1) is 6.26 Å². The van der Waals surface area contributed by atoms with Gasteiger partial charge in [0.25, 0.3) is 5.95 Å². The largest absolute Gasteiger partial charge is 0.434 e. The summed E-state index contributed by atoms with van der Waals surface area (Å²) in [7, 11) is 0. The fourth-order valence-corrected chi connectivity index (χ4v) is 3.80. The van der Waals surface area contributed by atoms with Crippen LogP contribution < -0.4 is 4.74 Å². The molecule has 4 aromatic rings. The third-order valence-corrected chi connectivity index (χ3v) is 5.12. The molecule has 1 aliphatic carbocycles. The molecule has 0 spiro atoms. The summed E-state index contributed by atoms with van der Waals surface area (Å²) in [5, 5.41) is 5.64. The number of carbonyl (C=O) groups is 1. The first kappa shape index (κ1) is 18.1. The molecular weight excluding hydrogens is 348 g/mol. The molecule has 140 valence electrons. The van der Waals surface area contributed by atoms with Crippen molar-refractivity contribution in [2.75, 3.05) is 0 Å². The van der Waals surface area contributed by atoms with Gasteiger partial charge in [-0.3, -0.25) is 0 Å². The maximum atomic E-state index is 10.5. The summed E-state index contributed by atoms with van der Waals surface area (Å²) in [5.41, 5.74) is 3.17. The van der Waals surface area contributed by atoms with Crippen LogP contribution in [0, 0.1) is 0 Å². The van der Waals surface area contributed by atoms with E-state index in [0.29, 0.717) is 0 Å². The molecule has 0 saturated heterocycles. The molecule has 0 amide bonds. The summed E-state index contributed by atoms with van der Waals surface area (Å²) in [6.45, 7) is 3.22. The average Bonchev–Trinajstić information content (AvgIpc) is 3.26. The summed E-state index contributed by atoms with van der Waals surface area (Å²) in [4.78, 5) is 10.5. The van der Waals surface area contributed by atoms with E-state index in [4.69, 9.17) is 4.42 Å². The van der Waals surface area contributed by atoms with Crippen molar-refractivity contribution >= 4 is 27.5 Å². The zero-order chi connectivity index (χ0) is 19.3. The number of furan rings is 1. The van der Waals surface area contributed by atoms with Gasteiger partial charge in [-0.25, -0.2) is 4.79 Å².